The molecule has 66 heavy (non-hydrogen) atoms. The van der Waals surface area contributed by atoms with Gasteiger partial charge in [0.15, 0.2) is 23.0 Å². The summed E-state index contributed by atoms with van der Waals surface area (Å²) in [6.45, 7) is 2.02. The Labute approximate surface area is 378 Å². The van der Waals surface area contributed by atoms with Crippen molar-refractivity contribution in [3.8, 4) is 22.6 Å². The lowest BCUT2D eigenvalue weighted by Crippen LogP contribution is -2.41. The normalized spacial score (nSPS) is 18.3. The molecule has 2 aliphatic rings. The van der Waals surface area contributed by atoms with Gasteiger partial charge in [-0.1, -0.05) is 36.4 Å². The summed E-state index contributed by atoms with van der Waals surface area (Å²) in [7, 11) is 6.43. The smallest absolute Gasteiger partial charge is 0.406 e. The number of carbonyl (C=O) groups excluding carboxylic acids is 2. The molecule has 2 amide bonds. The van der Waals surface area contributed by atoms with E-state index in [4.69, 9.17) is 11.5 Å². The van der Waals surface area contributed by atoms with Crippen molar-refractivity contribution in [2.24, 2.45) is 35.5 Å². The monoisotopic (exact) mass is 988 g/mol. The summed E-state index contributed by atoms with van der Waals surface area (Å²) in [6.07, 6.45) is -2.81. The lowest BCUT2D eigenvalue weighted by molar-refractivity contribution is -0.275. The molecule has 0 radical (unpaired) electrons. The van der Waals surface area contributed by atoms with Crippen LogP contribution in [0, 0.1) is 18.6 Å². The van der Waals surface area contributed by atoms with Crippen molar-refractivity contribution in [1.29, 1.82) is 0 Å². The number of aryl methyl sites for hydroxylation is 3. The number of ether oxygens (including phenoxy) is 2. The highest BCUT2D eigenvalue weighted by molar-refractivity contribution is 9.10. The van der Waals surface area contributed by atoms with Gasteiger partial charge in [0.05, 0.1) is 16.9 Å². The van der Waals surface area contributed by atoms with Crippen LogP contribution in [0.15, 0.2) is 124 Å². The average molecular weight is 990 g/mol. The van der Waals surface area contributed by atoms with Crippen LogP contribution in [0.5, 0.6) is 11.5 Å². The molecule has 6 aromatic rings. The van der Waals surface area contributed by atoms with E-state index in [-0.39, 0.29) is 33.1 Å². The zero-order valence-electron chi connectivity index (χ0n) is 35.2. The van der Waals surface area contributed by atoms with Crippen molar-refractivity contribution in [3.05, 3.63) is 154 Å². The fraction of sp³-hybridized carbons (Fsp3) is 0.209. The molecule has 0 bridgehead atoms. The van der Waals surface area contributed by atoms with Gasteiger partial charge >= 0.3 is 12.7 Å². The van der Waals surface area contributed by atoms with Crippen molar-refractivity contribution in [1.82, 2.24) is 29.4 Å². The first-order chi connectivity index (χ1) is 30.8. The number of nitrogens with zero attached hydrogens (tertiary/aromatic N) is 8. The van der Waals surface area contributed by atoms with Crippen LogP contribution in [0.25, 0.3) is 11.1 Å². The Hall–Kier alpha value is -7.30. The summed E-state index contributed by atoms with van der Waals surface area (Å²) in [5.74, 6) is -3.21. The van der Waals surface area contributed by atoms with E-state index in [0.29, 0.717) is 16.7 Å². The Balaban J connectivity index is 0.000000192. The van der Waals surface area contributed by atoms with E-state index in [1.165, 1.54) is 85.1 Å². The molecule has 8 rings (SSSR count). The third-order valence-electron chi connectivity index (χ3n) is 10.1. The van der Waals surface area contributed by atoms with E-state index >= 15 is 0 Å². The predicted octanol–water partition coefficient (Wildman–Crippen LogP) is 7.40. The molecule has 4 aromatic carbocycles. The van der Waals surface area contributed by atoms with Crippen LogP contribution in [0.2, 0.25) is 0 Å². The van der Waals surface area contributed by atoms with Gasteiger partial charge in [-0.05, 0) is 99.2 Å². The van der Waals surface area contributed by atoms with E-state index in [1.807, 2.05) is 26.4 Å². The van der Waals surface area contributed by atoms with Crippen LogP contribution < -0.4 is 20.9 Å². The van der Waals surface area contributed by atoms with E-state index in [9.17, 15) is 44.7 Å². The quantitative estimate of drug-likeness (QED) is 0.156. The maximum atomic E-state index is 14.6. The van der Waals surface area contributed by atoms with Crippen molar-refractivity contribution in [2.45, 2.75) is 30.7 Å². The Bertz CT molecular complexity index is 2810. The molecule has 2 aromatic heterocycles. The lowest BCUT2D eigenvalue weighted by atomic mass is 9.81. The van der Waals surface area contributed by atoms with E-state index in [2.05, 4.69) is 45.6 Å². The van der Waals surface area contributed by atoms with Gasteiger partial charge in [0.2, 0.25) is 0 Å². The second-order valence-electron chi connectivity index (χ2n) is 14.7. The Morgan fingerprint density at radius 3 is 1.33 bits per heavy atom. The van der Waals surface area contributed by atoms with Crippen LogP contribution in [0.3, 0.4) is 0 Å². The Morgan fingerprint density at radius 1 is 0.591 bits per heavy atom. The summed E-state index contributed by atoms with van der Waals surface area (Å²) in [6, 6.07) is 17.4. The van der Waals surface area contributed by atoms with E-state index < -0.39 is 58.8 Å². The van der Waals surface area contributed by atoms with Gasteiger partial charge in [0.25, 0.3) is 11.8 Å². The fourth-order valence-electron chi connectivity index (χ4n) is 6.96. The molecule has 0 fully saturated rings. The van der Waals surface area contributed by atoms with Gasteiger partial charge in [-0.3, -0.25) is 28.8 Å². The number of nitrogens with two attached hydrogens (primary N) is 2. The maximum absolute atomic E-state index is 14.6. The van der Waals surface area contributed by atoms with Gasteiger partial charge in [-0.15, -0.1) is 26.3 Å². The van der Waals surface area contributed by atoms with Crippen molar-refractivity contribution in [2.75, 3.05) is 14.1 Å². The first kappa shape index (κ1) is 48.2. The first-order valence-corrected chi connectivity index (χ1v) is 19.8. The molecule has 0 aliphatic carbocycles. The molecule has 2 unspecified atom stereocenters. The second kappa shape index (κ2) is 18.3. The largest absolute Gasteiger partial charge is 0.573 e. The molecule has 0 saturated heterocycles. The minimum absolute atomic E-state index is 0.0731. The van der Waals surface area contributed by atoms with Gasteiger partial charge < -0.3 is 20.9 Å². The topological polar surface area (TPSA) is 171 Å². The molecule has 0 saturated carbocycles. The van der Waals surface area contributed by atoms with Crippen LogP contribution in [0.1, 0.15) is 27.8 Å². The number of halogens is 9. The maximum Gasteiger partial charge on any atom is 0.573 e. The second-order valence-corrected chi connectivity index (χ2v) is 15.5. The predicted molar refractivity (Wildman–Crippen MR) is 227 cm³/mol. The van der Waals surface area contributed by atoms with Crippen LogP contribution >= 0.6 is 15.9 Å². The van der Waals surface area contributed by atoms with Crippen LogP contribution in [-0.2, 0) is 34.8 Å². The third kappa shape index (κ3) is 9.99. The number of alkyl halides is 6. The Kier molecular flexibility index (Phi) is 13.3. The number of carbonyl (C=O) groups is 2. The molecular weight excluding hydrogens is 952 g/mol. The lowest BCUT2D eigenvalue weighted by Gasteiger charge is -2.27. The highest BCUT2D eigenvalue weighted by Gasteiger charge is 2.51. The molecule has 346 valence electrons. The number of rotatable bonds is 7. The molecule has 0 spiro atoms. The highest BCUT2D eigenvalue weighted by atomic mass is 79.9. The van der Waals surface area contributed by atoms with Gasteiger partial charge in [-0.25, -0.2) is 18.8 Å². The van der Waals surface area contributed by atoms with Crippen LogP contribution in [0.4, 0.5) is 35.1 Å². The number of hydrogen-bond donors (Lipinski definition) is 2. The number of likely N-dealkylation sites (N-methyl/N-ethyl adjacent to an activating group) is 2. The minimum atomic E-state index is -4.86. The SMILES string of the molecule is CN1C(=O)C(c2ccc(OC(F)(F)F)cc2)(c2ccc(F)c(-c3cnn(C)c3)c2)N=C1N.CN1C(=O)C(c2ccc(OC(F)(F)F)cc2)(c2ccc(F)c(Br)c2)N=C1N.Cc1cnn(C)c1. The molecule has 14 nitrogen and oxygen atoms in total. The summed E-state index contributed by atoms with van der Waals surface area (Å²) in [5.41, 5.74) is 11.3. The number of amides is 2. The minimum Gasteiger partial charge on any atom is -0.406 e. The Morgan fingerprint density at radius 2 is 1.00 bits per heavy atom. The van der Waals surface area contributed by atoms with Crippen LogP contribution in [-0.4, -0.2) is 79.9 Å². The fourth-order valence-corrected chi connectivity index (χ4v) is 7.34. The zero-order valence-corrected chi connectivity index (χ0v) is 36.7. The third-order valence-corrected chi connectivity index (χ3v) is 10.7. The van der Waals surface area contributed by atoms with Crippen molar-refractivity contribution < 1.29 is 54.2 Å². The van der Waals surface area contributed by atoms with Crippen molar-refractivity contribution >= 4 is 39.7 Å². The van der Waals surface area contributed by atoms with E-state index in [0.717, 1.165) is 40.1 Å². The van der Waals surface area contributed by atoms with Gasteiger partial charge in [0.1, 0.15) is 23.1 Å². The summed E-state index contributed by atoms with van der Waals surface area (Å²) >= 11 is 3.06. The number of aliphatic imine (C=N–C) groups is 2. The van der Waals surface area contributed by atoms with Gasteiger partial charge in [-0.2, -0.15) is 10.2 Å². The molecule has 4 heterocycles. The highest BCUT2D eigenvalue weighted by Crippen LogP contribution is 2.43. The standard InChI is InChI=1S/C21H17F4N5O2.C17H12BrF4N3O2.C5H8N2/c1-29-11-12(10-27-29)16-9-14(5-8-17(16)22)20(18(31)30(2)19(26)28-20)13-3-6-15(7-4-13)32-21(23,24)25;1-25-14(26)16(24-15(25)23,10-4-7-13(19)12(18)8-10)9-2-5-11(6-3-9)27-17(20,21)22;1-5-3-6-7(2)4-5/h3-11H,1-2H3,(H2,26,28);2-8H,1H3,(H2,23,24);3-4H,1-2H3. The first-order valence-electron chi connectivity index (χ1n) is 19.0. The molecular formula is C43H37BrF8N10O4. The number of aromatic nitrogens is 4. The molecule has 2 aliphatic heterocycles. The average Bonchev–Trinajstić information content (AvgIpc) is 3.98. The number of benzene rings is 4. The summed E-state index contributed by atoms with van der Waals surface area (Å²) in [4.78, 5) is 37.1. The molecule has 23 heteroatoms. The number of guanidine groups is 2. The summed E-state index contributed by atoms with van der Waals surface area (Å²) < 4.78 is 114. The van der Waals surface area contributed by atoms with Gasteiger partial charge in [0, 0.05) is 51.7 Å². The summed E-state index contributed by atoms with van der Waals surface area (Å²) in [5, 5.41) is 7.97. The zero-order chi connectivity index (χ0) is 48.5. The van der Waals surface area contributed by atoms with E-state index in [1.54, 1.807) is 17.9 Å². The molecule has 2 atom stereocenters. The number of hydrogen-bond acceptors (Lipinski definition) is 10. The van der Waals surface area contributed by atoms with Crippen molar-refractivity contribution in [3.63, 3.8) is 0 Å². The molecule has 4 N–H and O–H groups in total.